The molecule has 160 valence electrons. The van der Waals surface area contributed by atoms with Gasteiger partial charge in [0.05, 0.1) is 18.3 Å². The summed E-state index contributed by atoms with van der Waals surface area (Å²) < 4.78 is 0. The van der Waals surface area contributed by atoms with Crippen molar-refractivity contribution in [3.8, 4) is 0 Å². The van der Waals surface area contributed by atoms with Gasteiger partial charge in [0.15, 0.2) is 0 Å². The Morgan fingerprint density at radius 2 is 1.82 bits per heavy atom. The van der Waals surface area contributed by atoms with Gasteiger partial charge in [0.2, 0.25) is 5.91 Å². The smallest absolute Gasteiger partial charge is 0.217 e. The predicted octanol–water partition coefficient (Wildman–Crippen LogP) is 2.46. The molecule has 4 aliphatic carbocycles. The standard InChI is InChI=1S/C23H39NO4/c1-12(3-8-21(24)28)17-6-7-18-22-16(11-20(27)23(17,18)2)15-5-4-14(25)9-13(15)10-19(22)26/h12-20,22,25-27H,3-11H2,1-2H3,(H2,24,28)/t12-,13?,14-,15?,16-,17+,18+,19-,20+,22?,23-/m1/s1. The Bertz CT molecular complexity index is 597. The first-order valence-electron chi connectivity index (χ1n) is 11.6. The van der Waals surface area contributed by atoms with Crippen LogP contribution in [0, 0.1) is 46.8 Å². The SMILES string of the molecule is C[C@H](CCC(N)=O)[C@@H]1CC[C@H]2C3[C@H](C[C@H](O)[C@@]21C)C1CC[C@@H](O)CC1C[C@H]3O. The van der Waals surface area contributed by atoms with Crippen molar-refractivity contribution in [1.82, 2.24) is 0 Å². The molecule has 5 nitrogen and oxygen atoms in total. The Labute approximate surface area is 169 Å². The van der Waals surface area contributed by atoms with E-state index in [0.717, 1.165) is 51.4 Å². The molecule has 28 heavy (non-hydrogen) atoms. The van der Waals surface area contributed by atoms with Crippen molar-refractivity contribution >= 4 is 5.91 Å². The maximum Gasteiger partial charge on any atom is 0.217 e. The fourth-order valence-corrected chi connectivity index (χ4v) is 8.37. The van der Waals surface area contributed by atoms with Crippen LogP contribution in [0.2, 0.25) is 0 Å². The molecule has 0 spiro atoms. The zero-order chi connectivity index (χ0) is 20.2. The van der Waals surface area contributed by atoms with Crippen LogP contribution in [0.5, 0.6) is 0 Å². The largest absolute Gasteiger partial charge is 0.393 e. The molecule has 0 aromatic rings. The average molecular weight is 394 g/mol. The van der Waals surface area contributed by atoms with Gasteiger partial charge in [-0.3, -0.25) is 4.79 Å². The fraction of sp³-hybridized carbons (Fsp3) is 0.957. The molecular weight excluding hydrogens is 354 g/mol. The summed E-state index contributed by atoms with van der Waals surface area (Å²) >= 11 is 0. The van der Waals surface area contributed by atoms with Crippen molar-refractivity contribution in [2.24, 2.45) is 52.6 Å². The van der Waals surface area contributed by atoms with E-state index < -0.39 is 0 Å². The lowest BCUT2D eigenvalue weighted by Gasteiger charge is -2.59. The van der Waals surface area contributed by atoms with Gasteiger partial charge in [-0.05, 0) is 98.2 Å². The number of nitrogens with two attached hydrogens (primary N) is 1. The highest BCUT2D eigenvalue weighted by Gasteiger charge is 2.63. The van der Waals surface area contributed by atoms with Gasteiger partial charge < -0.3 is 21.1 Å². The first-order chi connectivity index (χ1) is 13.2. The molecule has 4 fully saturated rings. The molecule has 5 N–H and O–H groups in total. The summed E-state index contributed by atoms with van der Waals surface area (Å²) in [6, 6.07) is 0. The minimum atomic E-state index is -0.347. The second-order valence-electron chi connectivity index (χ2n) is 10.8. The second-order valence-corrected chi connectivity index (χ2v) is 10.8. The van der Waals surface area contributed by atoms with Crippen LogP contribution in [-0.4, -0.2) is 39.5 Å². The van der Waals surface area contributed by atoms with Gasteiger partial charge in [-0.25, -0.2) is 0 Å². The van der Waals surface area contributed by atoms with Crippen LogP contribution in [0.25, 0.3) is 0 Å². The summed E-state index contributed by atoms with van der Waals surface area (Å²) in [6.45, 7) is 4.45. The predicted molar refractivity (Wildman–Crippen MR) is 107 cm³/mol. The Hall–Kier alpha value is -0.650. The third-order valence-corrected chi connectivity index (χ3v) is 9.64. The lowest BCUT2D eigenvalue weighted by Crippen LogP contribution is -2.59. The number of carbonyl (C=O) groups excluding carboxylic acids is 1. The second kappa shape index (κ2) is 7.55. The number of primary amides is 1. The van der Waals surface area contributed by atoms with Crippen LogP contribution < -0.4 is 5.73 Å². The summed E-state index contributed by atoms with van der Waals surface area (Å²) in [6.07, 6.45) is 6.77. The number of amides is 1. The highest BCUT2D eigenvalue weighted by molar-refractivity contribution is 5.73. The average Bonchev–Trinajstić information content (AvgIpc) is 2.98. The minimum absolute atomic E-state index is 0.180. The quantitative estimate of drug-likeness (QED) is 0.589. The fourth-order valence-electron chi connectivity index (χ4n) is 8.37. The molecule has 0 bridgehead atoms. The van der Waals surface area contributed by atoms with Crippen LogP contribution in [-0.2, 0) is 4.79 Å². The van der Waals surface area contributed by atoms with Crippen LogP contribution in [0.1, 0.15) is 71.6 Å². The van der Waals surface area contributed by atoms with Gasteiger partial charge in [0.1, 0.15) is 0 Å². The van der Waals surface area contributed by atoms with Gasteiger partial charge >= 0.3 is 0 Å². The number of hydrogen-bond acceptors (Lipinski definition) is 4. The molecule has 0 radical (unpaired) electrons. The summed E-state index contributed by atoms with van der Waals surface area (Å²) in [5.74, 6) is 2.45. The first-order valence-corrected chi connectivity index (χ1v) is 11.6. The van der Waals surface area contributed by atoms with Crippen molar-refractivity contribution in [3.05, 3.63) is 0 Å². The molecule has 0 aromatic heterocycles. The van der Waals surface area contributed by atoms with Gasteiger partial charge in [-0.1, -0.05) is 13.8 Å². The van der Waals surface area contributed by atoms with E-state index >= 15 is 0 Å². The lowest BCUT2D eigenvalue weighted by atomic mass is 9.47. The monoisotopic (exact) mass is 393 g/mol. The van der Waals surface area contributed by atoms with E-state index in [1.807, 2.05) is 0 Å². The van der Waals surface area contributed by atoms with Crippen molar-refractivity contribution in [2.45, 2.75) is 89.9 Å². The number of aliphatic hydroxyl groups is 3. The molecule has 4 saturated carbocycles. The summed E-state index contributed by atoms with van der Waals surface area (Å²) in [7, 11) is 0. The Morgan fingerprint density at radius 3 is 2.54 bits per heavy atom. The van der Waals surface area contributed by atoms with Crippen LogP contribution in [0.3, 0.4) is 0 Å². The molecule has 11 atom stereocenters. The topological polar surface area (TPSA) is 104 Å². The Balaban J connectivity index is 1.56. The van der Waals surface area contributed by atoms with E-state index in [0.29, 0.717) is 41.9 Å². The van der Waals surface area contributed by atoms with Gasteiger partial charge in [-0.2, -0.15) is 0 Å². The van der Waals surface area contributed by atoms with Crippen molar-refractivity contribution in [1.29, 1.82) is 0 Å². The van der Waals surface area contributed by atoms with Gasteiger partial charge in [-0.15, -0.1) is 0 Å². The maximum atomic E-state index is 11.4. The molecule has 0 aliphatic heterocycles. The molecule has 4 aliphatic rings. The molecule has 1 amide bonds. The van der Waals surface area contributed by atoms with E-state index in [1.165, 1.54) is 0 Å². The summed E-state index contributed by atoms with van der Waals surface area (Å²) in [5, 5.41) is 32.6. The summed E-state index contributed by atoms with van der Waals surface area (Å²) in [5.41, 5.74) is 5.19. The molecule has 0 heterocycles. The van der Waals surface area contributed by atoms with E-state index in [1.54, 1.807) is 0 Å². The zero-order valence-corrected chi connectivity index (χ0v) is 17.5. The van der Waals surface area contributed by atoms with E-state index in [2.05, 4.69) is 13.8 Å². The molecule has 0 aromatic carbocycles. The lowest BCUT2D eigenvalue weighted by molar-refractivity contribution is -0.179. The van der Waals surface area contributed by atoms with Crippen LogP contribution in [0.4, 0.5) is 0 Å². The molecule has 0 saturated heterocycles. The van der Waals surface area contributed by atoms with Crippen LogP contribution >= 0.6 is 0 Å². The third-order valence-electron chi connectivity index (χ3n) is 9.64. The Kier molecular flexibility index (Phi) is 5.56. The maximum absolute atomic E-state index is 11.4. The molecule has 5 heteroatoms. The van der Waals surface area contributed by atoms with E-state index in [9.17, 15) is 20.1 Å². The van der Waals surface area contributed by atoms with Crippen LogP contribution in [0.15, 0.2) is 0 Å². The minimum Gasteiger partial charge on any atom is -0.393 e. The number of rotatable bonds is 4. The Morgan fingerprint density at radius 1 is 1.07 bits per heavy atom. The first kappa shape index (κ1) is 20.6. The van der Waals surface area contributed by atoms with Crippen molar-refractivity contribution < 1.29 is 20.1 Å². The van der Waals surface area contributed by atoms with Gasteiger partial charge in [0, 0.05) is 6.42 Å². The highest BCUT2D eigenvalue weighted by atomic mass is 16.3. The summed E-state index contributed by atoms with van der Waals surface area (Å²) in [4.78, 5) is 11.3. The van der Waals surface area contributed by atoms with E-state index in [-0.39, 0.29) is 35.6 Å². The zero-order valence-electron chi connectivity index (χ0n) is 17.5. The number of aliphatic hydroxyl groups excluding tert-OH is 3. The van der Waals surface area contributed by atoms with Crippen molar-refractivity contribution in [3.63, 3.8) is 0 Å². The number of carbonyl (C=O) groups is 1. The van der Waals surface area contributed by atoms with Gasteiger partial charge in [0.25, 0.3) is 0 Å². The molecular formula is C23H39NO4. The van der Waals surface area contributed by atoms with E-state index in [4.69, 9.17) is 5.73 Å². The number of hydrogen-bond donors (Lipinski definition) is 4. The normalized spacial score (nSPS) is 51.7. The highest BCUT2D eigenvalue weighted by Crippen LogP contribution is 2.65. The van der Waals surface area contributed by atoms with Crippen molar-refractivity contribution in [2.75, 3.05) is 0 Å². The molecule has 3 unspecified atom stereocenters. The molecule has 4 rings (SSSR count). The number of fused-ring (bicyclic) bond motifs is 5. The third kappa shape index (κ3) is 3.22.